The van der Waals surface area contributed by atoms with E-state index < -0.39 is 0 Å². The van der Waals surface area contributed by atoms with Gasteiger partial charge in [0, 0.05) is 13.2 Å². The molecule has 0 radical (unpaired) electrons. The van der Waals surface area contributed by atoms with Gasteiger partial charge in [-0.1, -0.05) is 30.7 Å². The Balaban J connectivity index is 1.90. The summed E-state index contributed by atoms with van der Waals surface area (Å²) in [5.74, 6) is 0. The van der Waals surface area contributed by atoms with Crippen LogP contribution in [0.1, 0.15) is 36.8 Å². The first-order valence-corrected chi connectivity index (χ1v) is 6.79. The van der Waals surface area contributed by atoms with Crippen LogP contribution in [-0.2, 0) is 13.0 Å². The number of aliphatic hydroxyl groups is 1. The predicted molar refractivity (Wildman–Crippen MR) is 71.0 cm³/mol. The number of hydrogen-bond donors (Lipinski definition) is 1. The van der Waals surface area contributed by atoms with Crippen molar-refractivity contribution >= 4 is 0 Å². The molecule has 0 unspecified atom stereocenters. The van der Waals surface area contributed by atoms with Gasteiger partial charge in [-0.05, 0) is 49.9 Å². The van der Waals surface area contributed by atoms with Crippen molar-refractivity contribution in [3.05, 3.63) is 35.4 Å². The van der Waals surface area contributed by atoms with Crippen LogP contribution >= 0.6 is 0 Å². The third-order valence-electron chi connectivity index (χ3n) is 3.47. The van der Waals surface area contributed by atoms with Gasteiger partial charge in [-0.2, -0.15) is 0 Å². The Morgan fingerprint density at radius 1 is 1.06 bits per heavy atom. The lowest BCUT2D eigenvalue weighted by molar-refractivity contribution is 0.221. The zero-order chi connectivity index (χ0) is 11.9. The zero-order valence-electron chi connectivity index (χ0n) is 10.6. The van der Waals surface area contributed by atoms with Crippen LogP contribution in [0.5, 0.6) is 0 Å². The first-order chi connectivity index (χ1) is 8.38. The Bertz CT molecular complexity index is 331. The third kappa shape index (κ3) is 4.14. The molecule has 94 valence electrons. The van der Waals surface area contributed by atoms with E-state index in [1.54, 1.807) is 0 Å². The van der Waals surface area contributed by atoms with Crippen LogP contribution in [0.25, 0.3) is 0 Å². The average Bonchev–Trinajstić information content (AvgIpc) is 2.38. The number of aliphatic hydroxyl groups excluding tert-OH is 1. The zero-order valence-corrected chi connectivity index (χ0v) is 10.6. The number of hydrogen-bond acceptors (Lipinski definition) is 2. The SMILES string of the molecule is OCCCc1cccc(CN2CCCCC2)c1. The van der Waals surface area contributed by atoms with Crippen molar-refractivity contribution in [1.29, 1.82) is 0 Å². The fraction of sp³-hybridized carbons (Fsp3) is 0.600. The molecule has 0 atom stereocenters. The van der Waals surface area contributed by atoms with Crippen molar-refractivity contribution in [2.45, 2.75) is 38.6 Å². The van der Waals surface area contributed by atoms with Crippen LogP contribution in [0.15, 0.2) is 24.3 Å². The molecule has 0 aliphatic carbocycles. The largest absolute Gasteiger partial charge is 0.396 e. The molecule has 1 fully saturated rings. The molecule has 0 spiro atoms. The fourth-order valence-electron chi connectivity index (χ4n) is 2.54. The smallest absolute Gasteiger partial charge is 0.0434 e. The van der Waals surface area contributed by atoms with Crippen LogP contribution in [-0.4, -0.2) is 29.7 Å². The van der Waals surface area contributed by atoms with Crippen molar-refractivity contribution in [2.75, 3.05) is 19.7 Å². The maximum atomic E-state index is 8.85. The molecule has 2 nitrogen and oxygen atoms in total. The van der Waals surface area contributed by atoms with Gasteiger partial charge in [0.25, 0.3) is 0 Å². The molecule has 0 amide bonds. The number of benzene rings is 1. The molecule has 1 aromatic carbocycles. The Morgan fingerprint density at radius 3 is 2.59 bits per heavy atom. The van der Waals surface area contributed by atoms with E-state index in [9.17, 15) is 0 Å². The van der Waals surface area contributed by atoms with E-state index in [0.29, 0.717) is 0 Å². The van der Waals surface area contributed by atoms with E-state index in [0.717, 1.165) is 19.4 Å². The minimum atomic E-state index is 0.288. The maximum Gasteiger partial charge on any atom is 0.0434 e. The molecule has 2 rings (SSSR count). The fourth-order valence-corrected chi connectivity index (χ4v) is 2.54. The average molecular weight is 233 g/mol. The van der Waals surface area contributed by atoms with Gasteiger partial charge in [0.05, 0.1) is 0 Å². The summed E-state index contributed by atoms with van der Waals surface area (Å²) in [6, 6.07) is 8.82. The molecule has 1 saturated heterocycles. The monoisotopic (exact) mass is 233 g/mol. The Kier molecular flexibility index (Phi) is 5.02. The summed E-state index contributed by atoms with van der Waals surface area (Å²) < 4.78 is 0. The summed E-state index contributed by atoms with van der Waals surface area (Å²) in [5, 5.41) is 8.85. The number of likely N-dealkylation sites (tertiary alicyclic amines) is 1. The summed E-state index contributed by atoms with van der Waals surface area (Å²) in [4.78, 5) is 2.55. The van der Waals surface area contributed by atoms with Gasteiger partial charge in [0.15, 0.2) is 0 Å². The van der Waals surface area contributed by atoms with Crippen molar-refractivity contribution in [2.24, 2.45) is 0 Å². The highest BCUT2D eigenvalue weighted by Gasteiger charge is 2.10. The number of aryl methyl sites for hydroxylation is 1. The lowest BCUT2D eigenvalue weighted by atomic mass is 10.1. The second-order valence-corrected chi connectivity index (χ2v) is 4.98. The summed E-state index contributed by atoms with van der Waals surface area (Å²) >= 11 is 0. The summed E-state index contributed by atoms with van der Waals surface area (Å²) in [7, 11) is 0. The van der Waals surface area contributed by atoms with E-state index >= 15 is 0 Å². The number of rotatable bonds is 5. The molecule has 1 heterocycles. The van der Waals surface area contributed by atoms with Gasteiger partial charge in [0.1, 0.15) is 0 Å². The van der Waals surface area contributed by atoms with Crippen molar-refractivity contribution < 1.29 is 5.11 Å². The molecule has 1 aliphatic rings. The number of nitrogens with zero attached hydrogens (tertiary/aromatic N) is 1. The Hall–Kier alpha value is -0.860. The third-order valence-corrected chi connectivity index (χ3v) is 3.47. The van der Waals surface area contributed by atoms with Crippen LogP contribution in [0.3, 0.4) is 0 Å². The lowest BCUT2D eigenvalue weighted by Gasteiger charge is -2.26. The number of piperidine rings is 1. The highest BCUT2D eigenvalue weighted by atomic mass is 16.2. The molecule has 0 aromatic heterocycles. The first-order valence-electron chi connectivity index (χ1n) is 6.79. The second kappa shape index (κ2) is 6.77. The van der Waals surface area contributed by atoms with Crippen LogP contribution in [0.2, 0.25) is 0 Å². The summed E-state index contributed by atoms with van der Waals surface area (Å²) in [5.41, 5.74) is 2.77. The highest BCUT2D eigenvalue weighted by molar-refractivity contribution is 5.23. The van der Waals surface area contributed by atoms with Crippen molar-refractivity contribution in [1.82, 2.24) is 4.90 Å². The molecule has 1 aromatic rings. The van der Waals surface area contributed by atoms with E-state index in [2.05, 4.69) is 29.2 Å². The van der Waals surface area contributed by atoms with E-state index in [4.69, 9.17) is 5.11 Å². The molecular formula is C15H23NO. The first kappa shape index (κ1) is 12.6. The molecule has 0 bridgehead atoms. The molecule has 1 aliphatic heterocycles. The Morgan fingerprint density at radius 2 is 1.82 bits per heavy atom. The van der Waals surface area contributed by atoms with Crippen LogP contribution in [0, 0.1) is 0 Å². The maximum absolute atomic E-state index is 8.85. The second-order valence-electron chi connectivity index (χ2n) is 4.98. The summed E-state index contributed by atoms with van der Waals surface area (Å²) in [6.07, 6.45) is 5.96. The Labute approximate surface area is 104 Å². The van der Waals surface area contributed by atoms with Gasteiger partial charge in [-0.15, -0.1) is 0 Å². The van der Waals surface area contributed by atoms with Crippen molar-refractivity contribution in [3.8, 4) is 0 Å². The molecular weight excluding hydrogens is 210 g/mol. The van der Waals surface area contributed by atoms with Crippen LogP contribution < -0.4 is 0 Å². The molecule has 2 heteroatoms. The molecule has 17 heavy (non-hydrogen) atoms. The standard InChI is InChI=1S/C15H23NO/c17-11-5-8-14-6-4-7-15(12-14)13-16-9-2-1-3-10-16/h4,6-7,12,17H,1-3,5,8-11,13H2. The van der Waals surface area contributed by atoms with Gasteiger partial charge in [-0.3, -0.25) is 4.90 Å². The molecule has 1 N–H and O–H groups in total. The normalized spacial score (nSPS) is 17.2. The van der Waals surface area contributed by atoms with Crippen molar-refractivity contribution in [3.63, 3.8) is 0 Å². The predicted octanol–water partition coefficient (Wildman–Crippen LogP) is 2.60. The quantitative estimate of drug-likeness (QED) is 0.845. The van der Waals surface area contributed by atoms with E-state index in [-0.39, 0.29) is 6.61 Å². The van der Waals surface area contributed by atoms with Crippen LogP contribution in [0.4, 0.5) is 0 Å². The van der Waals surface area contributed by atoms with E-state index in [1.807, 2.05) is 0 Å². The molecule has 0 saturated carbocycles. The van der Waals surface area contributed by atoms with Gasteiger partial charge < -0.3 is 5.11 Å². The minimum absolute atomic E-state index is 0.288. The summed E-state index contributed by atoms with van der Waals surface area (Å²) in [6.45, 7) is 3.88. The van der Waals surface area contributed by atoms with Gasteiger partial charge in [0.2, 0.25) is 0 Å². The highest BCUT2D eigenvalue weighted by Crippen LogP contribution is 2.14. The minimum Gasteiger partial charge on any atom is -0.396 e. The van der Waals surface area contributed by atoms with Gasteiger partial charge in [-0.25, -0.2) is 0 Å². The van der Waals surface area contributed by atoms with E-state index in [1.165, 1.54) is 43.5 Å². The topological polar surface area (TPSA) is 23.5 Å². The lowest BCUT2D eigenvalue weighted by Crippen LogP contribution is -2.29. The van der Waals surface area contributed by atoms with Gasteiger partial charge >= 0.3 is 0 Å².